The number of amides is 2. The molecule has 5 heteroatoms. The Labute approximate surface area is 123 Å². The molecule has 0 atom stereocenters. The van der Waals surface area contributed by atoms with Crippen LogP contribution in [0.1, 0.15) is 33.2 Å². The summed E-state index contributed by atoms with van der Waals surface area (Å²) in [5.41, 5.74) is 2.97. The SMILES string of the molecule is CCn1ccc(CNc2ccc3c(c2)C(=O)N(C)C3=O)c1. The number of aromatic nitrogens is 1. The largest absolute Gasteiger partial charge is 0.381 e. The summed E-state index contributed by atoms with van der Waals surface area (Å²) in [6.45, 7) is 3.72. The highest BCUT2D eigenvalue weighted by Gasteiger charge is 2.32. The summed E-state index contributed by atoms with van der Waals surface area (Å²) >= 11 is 0. The van der Waals surface area contributed by atoms with E-state index in [1.165, 1.54) is 12.6 Å². The average molecular weight is 283 g/mol. The zero-order valence-corrected chi connectivity index (χ0v) is 12.1. The number of aryl methyl sites for hydroxylation is 1. The van der Waals surface area contributed by atoms with Crippen molar-refractivity contribution in [2.75, 3.05) is 12.4 Å². The first-order chi connectivity index (χ1) is 10.1. The molecule has 1 aromatic carbocycles. The molecule has 1 aliphatic rings. The molecule has 0 aliphatic carbocycles. The average Bonchev–Trinajstić information content (AvgIpc) is 3.05. The molecule has 0 bridgehead atoms. The molecule has 2 aromatic rings. The van der Waals surface area contributed by atoms with Gasteiger partial charge in [-0.05, 0) is 36.8 Å². The van der Waals surface area contributed by atoms with Gasteiger partial charge in [0.25, 0.3) is 11.8 Å². The third-order valence-corrected chi connectivity index (χ3v) is 3.76. The van der Waals surface area contributed by atoms with Crippen LogP contribution in [0.4, 0.5) is 5.69 Å². The molecule has 2 amide bonds. The lowest BCUT2D eigenvalue weighted by atomic mass is 10.1. The maximum Gasteiger partial charge on any atom is 0.261 e. The van der Waals surface area contributed by atoms with Crippen molar-refractivity contribution in [3.63, 3.8) is 0 Å². The maximum atomic E-state index is 11.9. The van der Waals surface area contributed by atoms with Gasteiger partial charge in [-0.3, -0.25) is 14.5 Å². The molecule has 3 rings (SSSR count). The van der Waals surface area contributed by atoms with Gasteiger partial charge < -0.3 is 9.88 Å². The number of nitrogens with zero attached hydrogens (tertiary/aromatic N) is 2. The van der Waals surface area contributed by atoms with E-state index in [0.29, 0.717) is 17.7 Å². The van der Waals surface area contributed by atoms with Crippen molar-refractivity contribution in [2.24, 2.45) is 0 Å². The van der Waals surface area contributed by atoms with Crippen LogP contribution in [0.25, 0.3) is 0 Å². The minimum Gasteiger partial charge on any atom is -0.381 e. The number of carbonyl (C=O) groups excluding carboxylic acids is 2. The standard InChI is InChI=1S/C16H17N3O2/c1-3-19-7-6-11(10-19)9-17-12-4-5-13-14(8-12)16(21)18(2)15(13)20/h4-8,10,17H,3,9H2,1-2H3. The number of imide groups is 1. The van der Waals surface area contributed by atoms with Crippen molar-refractivity contribution in [3.05, 3.63) is 53.3 Å². The monoisotopic (exact) mass is 283 g/mol. The molecule has 108 valence electrons. The molecule has 5 nitrogen and oxygen atoms in total. The first kappa shape index (κ1) is 13.4. The van der Waals surface area contributed by atoms with Gasteiger partial charge in [-0.2, -0.15) is 0 Å². The normalized spacial score (nSPS) is 13.7. The highest BCUT2D eigenvalue weighted by Crippen LogP contribution is 2.25. The molecule has 2 heterocycles. The quantitative estimate of drug-likeness (QED) is 0.876. The van der Waals surface area contributed by atoms with Crippen LogP contribution in [0.3, 0.4) is 0 Å². The van der Waals surface area contributed by atoms with Gasteiger partial charge in [0.1, 0.15) is 0 Å². The molecular formula is C16H17N3O2. The molecule has 1 aromatic heterocycles. The molecule has 0 fully saturated rings. The highest BCUT2D eigenvalue weighted by atomic mass is 16.2. The molecule has 21 heavy (non-hydrogen) atoms. The molecule has 0 radical (unpaired) electrons. The zero-order chi connectivity index (χ0) is 15.0. The number of fused-ring (bicyclic) bond motifs is 1. The number of carbonyl (C=O) groups is 2. The number of hydrogen-bond donors (Lipinski definition) is 1. The van der Waals surface area contributed by atoms with Crippen molar-refractivity contribution < 1.29 is 9.59 Å². The molecule has 1 N–H and O–H groups in total. The van der Waals surface area contributed by atoms with E-state index >= 15 is 0 Å². The van der Waals surface area contributed by atoms with E-state index in [1.807, 2.05) is 12.3 Å². The van der Waals surface area contributed by atoms with Crippen LogP contribution in [-0.4, -0.2) is 28.3 Å². The van der Waals surface area contributed by atoms with Crippen molar-refractivity contribution in [1.29, 1.82) is 0 Å². The Balaban J connectivity index is 1.76. The fourth-order valence-electron chi connectivity index (χ4n) is 2.47. The molecular weight excluding hydrogens is 266 g/mol. The van der Waals surface area contributed by atoms with E-state index in [-0.39, 0.29) is 11.8 Å². The second kappa shape index (κ2) is 5.09. The van der Waals surface area contributed by atoms with E-state index < -0.39 is 0 Å². The number of hydrogen-bond acceptors (Lipinski definition) is 3. The Morgan fingerprint density at radius 2 is 1.86 bits per heavy atom. The van der Waals surface area contributed by atoms with Crippen LogP contribution in [0.2, 0.25) is 0 Å². The Morgan fingerprint density at radius 1 is 1.10 bits per heavy atom. The van der Waals surface area contributed by atoms with Crippen molar-refractivity contribution in [2.45, 2.75) is 20.0 Å². The summed E-state index contributed by atoms with van der Waals surface area (Å²) in [5.74, 6) is -0.475. The van der Waals surface area contributed by atoms with Gasteiger partial charge >= 0.3 is 0 Å². The molecule has 1 aliphatic heterocycles. The first-order valence-electron chi connectivity index (χ1n) is 6.95. The third-order valence-electron chi connectivity index (χ3n) is 3.76. The van der Waals surface area contributed by atoms with Gasteiger partial charge in [0.15, 0.2) is 0 Å². The second-order valence-electron chi connectivity index (χ2n) is 5.13. The minimum atomic E-state index is -0.240. The van der Waals surface area contributed by atoms with E-state index in [9.17, 15) is 9.59 Å². The Morgan fingerprint density at radius 3 is 2.57 bits per heavy atom. The van der Waals surface area contributed by atoms with Crippen LogP contribution in [0.5, 0.6) is 0 Å². The number of anilines is 1. The lowest BCUT2D eigenvalue weighted by Gasteiger charge is -2.06. The Kier molecular flexibility index (Phi) is 3.25. The lowest BCUT2D eigenvalue weighted by Crippen LogP contribution is -2.24. The van der Waals surface area contributed by atoms with E-state index in [0.717, 1.165) is 17.1 Å². The summed E-state index contributed by atoms with van der Waals surface area (Å²) in [5, 5.41) is 3.28. The van der Waals surface area contributed by atoms with Crippen LogP contribution < -0.4 is 5.32 Å². The van der Waals surface area contributed by atoms with E-state index in [4.69, 9.17) is 0 Å². The third kappa shape index (κ3) is 2.31. The maximum absolute atomic E-state index is 11.9. The van der Waals surface area contributed by atoms with Crippen LogP contribution in [0, 0.1) is 0 Å². The fraction of sp³-hybridized carbons (Fsp3) is 0.250. The molecule has 0 unspecified atom stereocenters. The number of nitrogens with one attached hydrogen (secondary N) is 1. The van der Waals surface area contributed by atoms with Gasteiger partial charge in [-0.15, -0.1) is 0 Å². The van der Waals surface area contributed by atoms with Crippen LogP contribution in [0.15, 0.2) is 36.7 Å². The van der Waals surface area contributed by atoms with Crippen LogP contribution >= 0.6 is 0 Å². The summed E-state index contributed by atoms with van der Waals surface area (Å²) < 4.78 is 2.11. The Hall–Kier alpha value is -2.56. The molecule has 0 saturated carbocycles. The highest BCUT2D eigenvalue weighted by molar-refractivity contribution is 6.21. The van der Waals surface area contributed by atoms with Crippen LogP contribution in [-0.2, 0) is 13.1 Å². The minimum absolute atomic E-state index is 0.235. The molecule has 0 spiro atoms. The fourth-order valence-corrected chi connectivity index (χ4v) is 2.47. The van der Waals surface area contributed by atoms with Crippen molar-refractivity contribution in [3.8, 4) is 0 Å². The molecule has 0 saturated heterocycles. The van der Waals surface area contributed by atoms with E-state index in [1.54, 1.807) is 12.1 Å². The number of benzene rings is 1. The zero-order valence-electron chi connectivity index (χ0n) is 12.1. The van der Waals surface area contributed by atoms with Gasteiger partial charge in [0.2, 0.25) is 0 Å². The van der Waals surface area contributed by atoms with E-state index in [2.05, 4.69) is 29.1 Å². The lowest BCUT2D eigenvalue weighted by molar-refractivity contribution is 0.0693. The smallest absolute Gasteiger partial charge is 0.261 e. The van der Waals surface area contributed by atoms with Crippen molar-refractivity contribution >= 4 is 17.5 Å². The summed E-state index contributed by atoms with van der Waals surface area (Å²) in [6.07, 6.45) is 4.12. The van der Waals surface area contributed by atoms with Gasteiger partial charge in [-0.1, -0.05) is 0 Å². The predicted octanol–water partition coefficient (Wildman–Crippen LogP) is 2.35. The summed E-state index contributed by atoms with van der Waals surface area (Å²) in [7, 11) is 1.51. The topological polar surface area (TPSA) is 54.3 Å². The van der Waals surface area contributed by atoms with Gasteiger partial charge in [0, 0.05) is 38.2 Å². The predicted molar refractivity (Wildman–Crippen MR) is 80.3 cm³/mol. The van der Waals surface area contributed by atoms with Gasteiger partial charge in [0.05, 0.1) is 11.1 Å². The second-order valence-corrected chi connectivity index (χ2v) is 5.13. The van der Waals surface area contributed by atoms with Gasteiger partial charge in [-0.25, -0.2) is 0 Å². The Bertz CT molecular complexity index is 718. The number of rotatable bonds is 4. The first-order valence-corrected chi connectivity index (χ1v) is 6.95. The van der Waals surface area contributed by atoms with Crippen molar-refractivity contribution in [1.82, 2.24) is 9.47 Å². The summed E-state index contributed by atoms with van der Waals surface area (Å²) in [4.78, 5) is 24.9. The summed E-state index contributed by atoms with van der Waals surface area (Å²) in [6, 6.07) is 7.35.